The van der Waals surface area contributed by atoms with Gasteiger partial charge in [-0.3, -0.25) is 4.90 Å². The Morgan fingerprint density at radius 1 is 1.40 bits per heavy atom. The molecule has 1 saturated heterocycles. The number of likely N-dealkylation sites (tertiary alicyclic amines) is 1. The lowest BCUT2D eigenvalue weighted by Gasteiger charge is -2.29. The van der Waals surface area contributed by atoms with E-state index >= 15 is 0 Å². The highest BCUT2D eigenvalue weighted by Crippen LogP contribution is 2.17. The molecule has 1 aromatic rings. The van der Waals surface area contributed by atoms with Crippen LogP contribution in [0.15, 0.2) is 4.52 Å². The molecule has 0 aromatic carbocycles. The van der Waals surface area contributed by atoms with E-state index in [9.17, 15) is 0 Å². The van der Waals surface area contributed by atoms with Gasteiger partial charge < -0.3 is 10.3 Å². The van der Waals surface area contributed by atoms with Crippen LogP contribution in [0.1, 0.15) is 29.9 Å². The van der Waals surface area contributed by atoms with E-state index in [4.69, 9.17) is 10.3 Å². The summed E-state index contributed by atoms with van der Waals surface area (Å²) in [5.74, 6) is 0.947. The molecule has 1 aliphatic rings. The van der Waals surface area contributed by atoms with Gasteiger partial charge in [0, 0.05) is 18.2 Å². The van der Waals surface area contributed by atoms with Gasteiger partial charge in [0.25, 0.3) is 0 Å². The Bertz CT molecular complexity index is 307. The minimum absolute atomic E-state index is 0.394. The van der Waals surface area contributed by atoms with Gasteiger partial charge in [-0.15, -0.1) is 0 Å². The largest absolute Gasteiger partial charge is 0.361 e. The van der Waals surface area contributed by atoms with Gasteiger partial charge in [0.1, 0.15) is 5.76 Å². The second kappa shape index (κ2) is 4.33. The second-order valence-corrected chi connectivity index (χ2v) is 4.42. The number of piperidine rings is 1. The van der Waals surface area contributed by atoms with Crippen molar-refractivity contribution in [1.82, 2.24) is 10.1 Å². The minimum atomic E-state index is 0.394. The Morgan fingerprint density at radius 3 is 2.60 bits per heavy atom. The molecule has 0 unspecified atom stereocenters. The standard InChI is InChI=1S/C11H19N3O/c1-8-11(9(2)15-13-8)7-14-5-3-10(12)4-6-14/h10H,3-7,12H2,1-2H3. The number of rotatable bonds is 2. The summed E-state index contributed by atoms with van der Waals surface area (Å²) in [6, 6.07) is 0.394. The van der Waals surface area contributed by atoms with Crippen molar-refractivity contribution < 1.29 is 4.52 Å². The first-order valence-corrected chi connectivity index (χ1v) is 5.56. The molecule has 4 nitrogen and oxygen atoms in total. The quantitative estimate of drug-likeness (QED) is 0.795. The Kier molecular flexibility index (Phi) is 3.07. The molecule has 0 radical (unpaired) electrons. The molecule has 0 spiro atoms. The fourth-order valence-electron chi connectivity index (χ4n) is 2.06. The molecule has 0 atom stereocenters. The van der Waals surface area contributed by atoms with Gasteiger partial charge in [-0.25, -0.2) is 0 Å². The Morgan fingerprint density at radius 2 is 2.07 bits per heavy atom. The molecule has 4 heteroatoms. The molecular weight excluding hydrogens is 190 g/mol. The normalized spacial score (nSPS) is 19.7. The van der Waals surface area contributed by atoms with Crippen molar-refractivity contribution in [3.8, 4) is 0 Å². The van der Waals surface area contributed by atoms with Crippen LogP contribution in [0.2, 0.25) is 0 Å². The van der Waals surface area contributed by atoms with Crippen LogP contribution in [-0.4, -0.2) is 29.2 Å². The smallest absolute Gasteiger partial charge is 0.138 e. The van der Waals surface area contributed by atoms with E-state index in [-0.39, 0.29) is 0 Å². The van der Waals surface area contributed by atoms with Crippen molar-refractivity contribution in [2.24, 2.45) is 5.73 Å². The first-order valence-electron chi connectivity index (χ1n) is 5.56. The lowest BCUT2D eigenvalue weighted by Crippen LogP contribution is -2.39. The van der Waals surface area contributed by atoms with Crippen LogP contribution >= 0.6 is 0 Å². The lowest BCUT2D eigenvalue weighted by molar-refractivity contribution is 0.204. The number of hydrogen-bond acceptors (Lipinski definition) is 4. The van der Waals surface area contributed by atoms with Crippen LogP contribution in [0, 0.1) is 13.8 Å². The Labute approximate surface area is 90.4 Å². The third kappa shape index (κ3) is 2.38. The van der Waals surface area contributed by atoms with Gasteiger partial charge in [-0.2, -0.15) is 0 Å². The van der Waals surface area contributed by atoms with Crippen molar-refractivity contribution in [1.29, 1.82) is 0 Å². The summed E-state index contributed by atoms with van der Waals surface area (Å²) in [6.07, 6.45) is 2.20. The van der Waals surface area contributed by atoms with Crippen LogP contribution in [0.4, 0.5) is 0 Å². The van der Waals surface area contributed by atoms with Crippen molar-refractivity contribution in [2.45, 2.75) is 39.3 Å². The van der Waals surface area contributed by atoms with E-state index in [1.165, 1.54) is 5.56 Å². The zero-order chi connectivity index (χ0) is 10.8. The van der Waals surface area contributed by atoms with Crippen LogP contribution in [0.3, 0.4) is 0 Å². The maximum Gasteiger partial charge on any atom is 0.138 e. The summed E-state index contributed by atoms with van der Waals surface area (Å²) in [6.45, 7) is 7.11. The number of nitrogens with two attached hydrogens (primary N) is 1. The maximum atomic E-state index is 5.87. The van der Waals surface area contributed by atoms with Gasteiger partial charge in [0.2, 0.25) is 0 Å². The first kappa shape index (κ1) is 10.6. The van der Waals surface area contributed by atoms with Crippen LogP contribution in [0.25, 0.3) is 0 Å². The molecule has 1 aliphatic heterocycles. The van der Waals surface area contributed by atoms with Crippen molar-refractivity contribution in [2.75, 3.05) is 13.1 Å². The predicted octanol–water partition coefficient (Wildman–Crippen LogP) is 1.21. The van der Waals surface area contributed by atoms with Gasteiger partial charge in [-0.1, -0.05) is 5.16 Å². The molecule has 1 aromatic heterocycles. The van der Waals surface area contributed by atoms with Gasteiger partial charge in [-0.05, 0) is 39.8 Å². The van der Waals surface area contributed by atoms with E-state index in [1.54, 1.807) is 0 Å². The third-order valence-electron chi connectivity index (χ3n) is 3.20. The van der Waals surface area contributed by atoms with E-state index in [0.29, 0.717) is 6.04 Å². The number of hydrogen-bond donors (Lipinski definition) is 1. The molecule has 2 N–H and O–H groups in total. The molecule has 2 heterocycles. The third-order valence-corrected chi connectivity index (χ3v) is 3.20. The van der Waals surface area contributed by atoms with Gasteiger partial charge >= 0.3 is 0 Å². The van der Waals surface area contributed by atoms with Crippen molar-refractivity contribution in [3.63, 3.8) is 0 Å². The summed E-state index contributed by atoms with van der Waals surface area (Å²) in [7, 11) is 0. The summed E-state index contributed by atoms with van der Waals surface area (Å²) in [4.78, 5) is 2.43. The van der Waals surface area contributed by atoms with E-state index in [1.807, 2.05) is 13.8 Å². The summed E-state index contributed by atoms with van der Waals surface area (Å²) < 4.78 is 5.16. The van der Waals surface area contributed by atoms with Crippen LogP contribution in [-0.2, 0) is 6.54 Å². The highest BCUT2D eigenvalue weighted by molar-refractivity contribution is 5.20. The van der Waals surface area contributed by atoms with Gasteiger partial charge in [0.05, 0.1) is 5.69 Å². The monoisotopic (exact) mass is 209 g/mol. The Hall–Kier alpha value is -0.870. The Balaban J connectivity index is 1.97. The first-order chi connectivity index (χ1) is 7.16. The molecule has 0 bridgehead atoms. The lowest BCUT2D eigenvalue weighted by atomic mass is 10.1. The second-order valence-electron chi connectivity index (χ2n) is 4.42. The molecule has 2 rings (SSSR count). The summed E-state index contributed by atoms with van der Waals surface area (Å²) in [5, 5.41) is 3.97. The molecule has 1 fully saturated rings. The van der Waals surface area contributed by atoms with Crippen LogP contribution in [0.5, 0.6) is 0 Å². The zero-order valence-electron chi connectivity index (χ0n) is 9.49. The molecular formula is C11H19N3O. The number of nitrogens with zero attached hydrogens (tertiary/aromatic N) is 2. The van der Waals surface area contributed by atoms with E-state index < -0.39 is 0 Å². The maximum absolute atomic E-state index is 5.87. The average molecular weight is 209 g/mol. The number of aryl methyl sites for hydroxylation is 2. The van der Waals surface area contributed by atoms with Crippen molar-refractivity contribution >= 4 is 0 Å². The fraction of sp³-hybridized carbons (Fsp3) is 0.727. The van der Waals surface area contributed by atoms with Crippen LogP contribution < -0.4 is 5.73 Å². The molecule has 15 heavy (non-hydrogen) atoms. The number of aromatic nitrogens is 1. The molecule has 0 aliphatic carbocycles. The predicted molar refractivity (Wildman–Crippen MR) is 58.5 cm³/mol. The van der Waals surface area contributed by atoms with E-state index in [0.717, 1.165) is 43.9 Å². The summed E-state index contributed by atoms with van der Waals surface area (Å²) in [5.41, 5.74) is 8.13. The highest BCUT2D eigenvalue weighted by Gasteiger charge is 2.18. The molecule has 0 saturated carbocycles. The molecule has 84 valence electrons. The van der Waals surface area contributed by atoms with Crippen molar-refractivity contribution in [3.05, 3.63) is 17.0 Å². The van der Waals surface area contributed by atoms with E-state index in [2.05, 4.69) is 10.1 Å². The average Bonchev–Trinajstić information content (AvgIpc) is 2.53. The van der Waals surface area contributed by atoms with Gasteiger partial charge in [0.15, 0.2) is 0 Å². The fourth-order valence-corrected chi connectivity index (χ4v) is 2.06. The topological polar surface area (TPSA) is 55.3 Å². The zero-order valence-corrected chi connectivity index (χ0v) is 9.49. The highest BCUT2D eigenvalue weighted by atomic mass is 16.5. The SMILES string of the molecule is Cc1noc(C)c1CN1CCC(N)CC1. The molecule has 0 amide bonds. The minimum Gasteiger partial charge on any atom is -0.361 e. The summed E-state index contributed by atoms with van der Waals surface area (Å²) >= 11 is 0.